The highest BCUT2D eigenvalue weighted by Gasteiger charge is 2.13. The molecule has 0 saturated carbocycles. The molecule has 29 heavy (non-hydrogen) atoms. The summed E-state index contributed by atoms with van der Waals surface area (Å²) in [5, 5.41) is 12.9. The standard InChI is InChI=1S/C21H23N3O5/c25-20(14-24-9-11-28-12-10-24)23-22-13-16-3-7-19(8-4-16)29-15-17-1-5-18(6-2-17)21(26)27/h1-8,13H,9-12,14-15H2,(H,23,25)(H,26,27). The maximum atomic E-state index is 11.9. The Labute approximate surface area is 168 Å². The summed E-state index contributed by atoms with van der Waals surface area (Å²) in [6, 6.07) is 13.8. The maximum Gasteiger partial charge on any atom is 0.335 e. The van der Waals surface area contributed by atoms with E-state index in [0.29, 0.717) is 32.1 Å². The molecule has 2 aromatic carbocycles. The second-order valence-electron chi connectivity index (χ2n) is 6.54. The minimum absolute atomic E-state index is 0.156. The first-order valence-electron chi connectivity index (χ1n) is 9.27. The van der Waals surface area contributed by atoms with Gasteiger partial charge in [-0.05, 0) is 47.5 Å². The molecule has 0 bridgehead atoms. The molecule has 0 spiro atoms. The van der Waals surface area contributed by atoms with E-state index in [0.717, 1.165) is 24.2 Å². The van der Waals surface area contributed by atoms with Crippen molar-refractivity contribution in [3.8, 4) is 5.75 Å². The molecular weight excluding hydrogens is 374 g/mol. The fourth-order valence-corrected chi connectivity index (χ4v) is 2.74. The van der Waals surface area contributed by atoms with Gasteiger partial charge in [0.2, 0.25) is 0 Å². The number of aromatic carboxylic acids is 1. The van der Waals surface area contributed by atoms with Gasteiger partial charge in [-0.1, -0.05) is 12.1 Å². The van der Waals surface area contributed by atoms with Crippen molar-refractivity contribution in [3.05, 3.63) is 65.2 Å². The Balaban J connectivity index is 1.42. The molecule has 0 radical (unpaired) electrons. The van der Waals surface area contributed by atoms with Crippen LogP contribution in [0.15, 0.2) is 53.6 Å². The van der Waals surface area contributed by atoms with E-state index in [1.807, 2.05) is 29.2 Å². The zero-order chi connectivity index (χ0) is 20.5. The van der Waals surface area contributed by atoms with Crippen LogP contribution in [0.5, 0.6) is 5.75 Å². The lowest BCUT2D eigenvalue weighted by Gasteiger charge is -2.25. The molecule has 0 aliphatic carbocycles. The molecular formula is C21H23N3O5. The minimum atomic E-state index is -0.952. The van der Waals surface area contributed by atoms with Crippen molar-refractivity contribution in [2.75, 3.05) is 32.8 Å². The molecule has 2 aromatic rings. The molecule has 1 heterocycles. The van der Waals surface area contributed by atoms with Crippen LogP contribution in [-0.2, 0) is 16.1 Å². The smallest absolute Gasteiger partial charge is 0.335 e. The lowest BCUT2D eigenvalue weighted by Crippen LogP contribution is -2.42. The van der Waals surface area contributed by atoms with Crippen LogP contribution in [-0.4, -0.2) is 60.9 Å². The molecule has 3 rings (SSSR count). The quantitative estimate of drug-likeness (QED) is 0.520. The molecule has 1 saturated heterocycles. The largest absolute Gasteiger partial charge is 0.489 e. The summed E-state index contributed by atoms with van der Waals surface area (Å²) >= 11 is 0. The Morgan fingerprint density at radius 1 is 1.10 bits per heavy atom. The molecule has 2 N–H and O–H groups in total. The van der Waals surface area contributed by atoms with E-state index in [1.165, 1.54) is 0 Å². The Bertz CT molecular complexity index is 844. The number of carboxylic acid groups (broad SMARTS) is 1. The van der Waals surface area contributed by atoms with Crippen molar-refractivity contribution < 1.29 is 24.2 Å². The van der Waals surface area contributed by atoms with Crippen LogP contribution < -0.4 is 10.2 Å². The number of nitrogens with one attached hydrogen (secondary N) is 1. The van der Waals surface area contributed by atoms with Gasteiger partial charge in [0.25, 0.3) is 5.91 Å². The number of carbonyl (C=O) groups is 2. The zero-order valence-electron chi connectivity index (χ0n) is 15.9. The van der Waals surface area contributed by atoms with Crippen molar-refractivity contribution >= 4 is 18.1 Å². The number of hydrogen-bond acceptors (Lipinski definition) is 6. The average Bonchev–Trinajstić information content (AvgIpc) is 2.74. The molecule has 1 aliphatic heterocycles. The second kappa shape index (κ2) is 10.4. The number of carboxylic acids is 1. The fourth-order valence-electron chi connectivity index (χ4n) is 2.74. The van der Waals surface area contributed by atoms with Crippen LogP contribution in [0.3, 0.4) is 0 Å². The first-order chi connectivity index (χ1) is 14.1. The van der Waals surface area contributed by atoms with E-state index in [4.69, 9.17) is 14.6 Å². The molecule has 0 atom stereocenters. The predicted molar refractivity (Wildman–Crippen MR) is 107 cm³/mol. The van der Waals surface area contributed by atoms with Gasteiger partial charge in [0.05, 0.1) is 31.5 Å². The van der Waals surface area contributed by atoms with Gasteiger partial charge in [-0.3, -0.25) is 9.69 Å². The highest BCUT2D eigenvalue weighted by Crippen LogP contribution is 2.14. The van der Waals surface area contributed by atoms with E-state index in [1.54, 1.807) is 30.5 Å². The summed E-state index contributed by atoms with van der Waals surface area (Å²) < 4.78 is 10.9. The number of ether oxygens (including phenoxy) is 2. The van der Waals surface area contributed by atoms with E-state index < -0.39 is 5.97 Å². The van der Waals surface area contributed by atoms with Crippen molar-refractivity contribution in [1.82, 2.24) is 10.3 Å². The first kappa shape index (κ1) is 20.5. The molecule has 8 nitrogen and oxygen atoms in total. The summed E-state index contributed by atoms with van der Waals surface area (Å²) in [5.74, 6) is -0.426. The monoisotopic (exact) mass is 397 g/mol. The molecule has 1 aliphatic rings. The van der Waals surface area contributed by atoms with Crippen LogP contribution >= 0.6 is 0 Å². The Kier molecular flexibility index (Phi) is 7.32. The third-order valence-corrected chi connectivity index (χ3v) is 4.36. The highest BCUT2D eigenvalue weighted by atomic mass is 16.5. The summed E-state index contributed by atoms with van der Waals surface area (Å²) in [5.41, 5.74) is 4.48. The number of nitrogens with zero attached hydrogens (tertiary/aromatic N) is 2. The Morgan fingerprint density at radius 2 is 1.79 bits per heavy atom. The summed E-state index contributed by atoms with van der Waals surface area (Å²) in [4.78, 5) is 24.8. The Hall–Kier alpha value is -3.23. The molecule has 1 fully saturated rings. The van der Waals surface area contributed by atoms with Crippen LogP contribution in [0.4, 0.5) is 0 Å². The summed E-state index contributed by atoms with van der Waals surface area (Å²) in [6.07, 6.45) is 1.58. The van der Waals surface area contributed by atoms with Gasteiger partial charge in [-0.25, -0.2) is 10.2 Å². The van der Waals surface area contributed by atoms with Gasteiger partial charge in [0, 0.05) is 13.1 Å². The predicted octanol–water partition coefficient (Wildman–Crippen LogP) is 1.75. The third-order valence-electron chi connectivity index (χ3n) is 4.36. The topological polar surface area (TPSA) is 100 Å². The summed E-state index contributed by atoms with van der Waals surface area (Å²) in [7, 11) is 0. The van der Waals surface area contributed by atoms with Gasteiger partial charge in [0.1, 0.15) is 12.4 Å². The lowest BCUT2D eigenvalue weighted by atomic mass is 10.1. The van der Waals surface area contributed by atoms with Crippen LogP contribution in [0.1, 0.15) is 21.5 Å². The van der Waals surface area contributed by atoms with Gasteiger partial charge < -0.3 is 14.6 Å². The van der Waals surface area contributed by atoms with Crippen molar-refractivity contribution in [2.24, 2.45) is 5.10 Å². The van der Waals surface area contributed by atoms with Crippen molar-refractivity contribution in [1.29, 1.82) is 0 Å². The van der Waals surface area contributed by atoms with E-state index >= 15 is 0 Å². The highest BCUT2D eigenvalue weighted by molar-refractivity contribution is 5.87. The van der Waals surface area contributed by atoms with E-state index in [2.05, 4.69) is 10.5 Å². The molecule has 1 amide bonds. The lowest BCUT2D eigenvalue weighted by molar-refractivity contribution is -0.123. The van der Waals surface area contributed by atoms with Crippen LogP contribution in [0, 0.1) is 0 Å². The van der Waals surface area contributed by atoms with Crippen LogP contribution in [0.2, 0.25) is 0 Å². The Morgan fingerprint density at radius 3 is 2.45 bits per heavy atom. The van der Waals surface area contributed by atoms with Crippen molar-refractivity contribution in [3.63, 3.8) is 0 Å². The molecule has 0 unspecified atom stereocenters. The zero-order valence-corrected chi connectivity index (χ0v) is 15.9. The van der Waals surface area contributed by atoms with E-state index in [-0.39, 0.29) is 11.5 Å². The summed E-state index contributed by atoms with van der Waals surface area (Å²) in [6.45, 7) is 3.45. The number of hydrogen-bond donors (Lipinski definition) is 2. The van der Waals surface area contributed by atoms with Crippen LogP contribution in [0.25, 0.3) is 0 Å². The number of amides is 1. The average molecular weight is 397 g/mol. The van der Waals surface area contributed by atoms with E-state index in [9.17, 15) is 9.59 Å². The number of hydrazone groups is 1. The maximum absolute atomic E-state index is 11.9. The first-order valence-corrected chi connectivity index (χ1v) is 9.27. The SMILES string of the molecule is O=C(CN1CCOCC1)NN=Cc1ccc(OCc2ccc(C(=O)O)cc2)cc1. The number of carbonyl (C=O) groups excluding carboxylic acids is 1. The van der Waals surface area contributed by atoms with Gasteiger partial charge in [-0.15, -0.1) is 0 Å². The van der Waals surface area contributed by atoms with Gasteiger partial charge >= 0.3 is 5.97 Å². The second-order valence-corrected chi connectivity index (χ2v) is 6.54. The van der Waals surface area contributed by atoms with Crippen molar-refractivity contribution in [2.45, 2.75) is 6.61 Å². The van der Waals surface area contributed by atoms with Gasteiger partial charge in [-0.2, -0.15) is 5.10 Å². The number of rotatable bonds is 8. The molecule has 152 valence electrons. The number of morpholine rings is 1. The van der Waals surface area contributed by atoms with Gasteiger partial charge in [0.15, 0.2) is 0 Å². The number of benzene rings is 2. The molecule has 0 aromatic heterocycles. The third kappa shape index (κ3) is 6.70. The molecule has 8 heteroatoms. The normalized spacial score (nSPS) is 14.6. The minimum Gasteiger partial charge on any atom is -0.489 e. The fraction of sp³-hybridized carbons (Fsp3) is 0.286.